The van der Waals surface area contributed by atoms with E-state index >= 15 is 0 Å². The molecule has 1 aliphatic carbocycles. The summed E-state index contributed by atoms with van der Waals surface area (Å²) in [5, 5.41) is 13.6. The van der Waals surface area contributed by atoms with Gasteiger partial charge in [0.2, 0.25) is 0 Å². The van der Waals surface area contributed by atoms with Crippen molar-refractivity contribution in [3.8, 4) is 0 Å². The van der Waals surface area contributed by atoms with Crippen molar-refractivity contribution in [1.29, 1.82) is 0 Å². The average Bonchev–Trinajstić information content (AvgIpc) is 2.95. The summed E-state index contributed by atoms with van der Waals surface area (Å²) in [5.74, 6) is 0.864. The molecule has 18 heavy (non-hydrogen) atoms. The van der Waals surface area contributed by atoms with Crippen LogP contribution < -0.4 is 5.32 Å². The molecule has 3 rings (SSSR count). The van der Waals surface area contributed by atoms with E-state index in [4.69, 9.17) is 4.74 Å². The van der Waals surface area contributed by atoms with E-state index in [0.717, 1.165) is 18.7 Å². The summed E-state index contributed by atoms with van der Waals surface area (Å²) in [7, 11) is 0. The van der Waals surface area contributed by atoms with E-state index in [1.807, 2.05) is 13.0 Å². The molecule has 2 aliphatic rings. The van der Waals surface area contributed by atoms with Crippen LogP contribution in [0.4, 0.5) is 5.82 Å². The summed E-state index contributed by atoms with van der Waals surface area (Å²) in [5.41, 5.74) is 1.82. The second kappa shape index (κ2) is 4.52. The fraction of sp³-hybridized carbons (Fsp3) is 0.643. The van der Waals surface area contributed by atoms with Crippen LogP contribution >= 0.6 is 0 Å². The van der Waals surface area contributed by atoms with Gasteiger partial charge in [0.25, 0.3) is 0 Å². The Labute approximate surface area is 107 Å². The number of rotatable bonds is 3. The number of nitrogens with zero attached hydrogens (tertiary/aromatic N) is 1. The van der Waals surface area contributed by atoms with Crippen LogP contribution in [0.3, 0.4) is 0 Å². The van der Waals surface area contributed by atoms with Gasteiger partial charge in [-0.3, -0.25) is 0 Å². The Morgan fingerprint density at radius 1 is 1.50 bits per heavy atom. The largest absolute Gasteiger partial charge is 0.385 e. The molecule has 0 spiro atoms. The van der Waals surface area contributed by atoms with E-state index in [0.29, 0.717) is 19.6 Å². The first-order valence-corrected chi connectivity index (χ1v) is 6.74. The molecule has 2 atom stereocenters. The monoisotopic (exact) mass is 248 g/mol. The Kier molecular flexibility index (Phi) is 2.99. The van der Waals surface area contributed by atoms with Gasteiger partial charge in [0.1, 0.15) is 11.4 Å². The van der Waals surface area contributed by atoms with Crippen molar-refractivity contribution in [3.63, 3.8) is 0 Å². The molecule has 1 aliphatic heterocycles. The highest BCUT2D eigenvalue weighted by Gasteiger charge is 2.39. The number of fused-ring (bicyclic) bond motifs is 1. The van der Waals surface area contributed by atoms with E-state index in [-0.39, 0.29) is 6.10 Å². The van der Waals surface area contributed by atoms with Crippen LogP contribution in [0.25, 0.3) is 0 Å². The molecule has 0 aromatic carbocycles. The lowest BCUT2D eigenvalue weighted by atomic mass is 9.97. The molecule has 0 bridgehead atoms. The molecule has 0 radical (unpaired) electrons. The second-order valence-electron chi connectivity index (χ2n) is 5.38. The van der Waals surface area contributed by atoms with Gasteiger partial charge in [0.05, 0.1) is 6.10 Å². The number of aliphatic hydroxyl groups is 1. The fourth-order valence-electron chi connectivity index (χ4n) is 2.77. The topological polar surface area (TPSA) is 54.4 Å². The summed E-state index contributed by atoms with van der Waals surface area (Å²) >= 11 is 0. The van der Waals surface area contributed by atoms with Gasteiger partial charge in [-0.2, -0.15) is 0 Å². The van der Waals surface area contributed by atoms with Gasteiger partial charge >= 0.3 is 0 Å². The number of anilines is 1. The van der Waals surface area contributed by atoms with Gasteiger partial charge < -0.3 is 15.2 Å². The van der Waals surface area contributed by atoms with Crippen LogP contribution in [0, 0.1) is 0 Å². The van der Waals surface area contributed by atoms with Gasteiger partial charge in [0.15, 0.2) is 0 Å². The number of pyridine rings is 1. The SMILES string of the molecule is CC1OCCC1(O)CNc1ccc2c(n1)CCC2. The predicted octanol–water partition coefficient (Wildman–Crippen LogP) is 1.52. The van der Waals surface area contributed by atoms with Crippen LogP contribution in [0.15, 0.2) is 12.1 Å². The molecular weight excluding hydrogens is 228 g/mol. The van der Waals surface area contributed by atoms with Crippen LogP contribution in [0.2, 0.25) is 0 Å². The Morgan fingerprint density at radius 2 is 2.39 bits per heavy atom. The first-order valence-electron chi connectivity index (χ1n) is 6.74. The summed E-state index contributed by atoms with van der Waals surface area (Å²) < 4.78 is 5.42. The Bertz CT molecular complexity index is 449. The maximum atomic E-state index is 10.4. The maximum Gasteiger partial charge on any atom is 0.126 e. The third kappa shape index (κ3) is 2.10. The summed E-state index contributed by atoms with van der Waals surface area (Å²) in [4.78, 5) is 4.61. The van der Waals surface area contributed by atoms with E-state index in [1.165, 1.54) is 17.7 Å². The first-order chi connectivity index (χ1) is 8.67. The van der Waals surface area contributed by atoms with Crippen LogP contribution in [0.5, 0.6) is 0 Å². The fourth-order valence-corrected chi connectivity index (χ4v) is 2.77. The van der Waals surface area contributed by atoms with E-state index in [9.17, 15) is 5.11 Å². The third-order valence-electron chi connectivity index (χ3n) is 4.16. The number of aromatic nitrogens is 1. The van der Waals surface area contributed by atoms with Crippen molar-refractivity contribution in [2.75, 3.05) is 18.5 Å². The lowest BCUT2D eigenvalue weighted by Gasteiger charge is -2.26. The van der Waals surface area contributed by atoms with Gasteiger partial charge in [-0.05, 0) is 37.8 Å². The lowest BCUT2D eigenvalue weighted by Crippen LogP contribution is -2.43. The highest BCUT2D eigenvalue weighted by Crippen LogP contribution is 2.26. The second-order valence-corrected chi connectivity index (χ2v) is 5.38. The smallest absolute Gasteiger partial charge is 0.126 e. The molecule has 1 aromatic heterocycles. The normalized spacial score (nSPS) is 30.4. The van der Waals surface area contributed by atoms with E-state index in [2.05, 4.69) is 16.4 Å². The van der Waals surface area contributed by atoms with Gasteiger partial charge in [0, 0.05) is 25.3 Å². The molecule has 0 amide bonds. The minimum absolute atomic E-state index is 0.112. The third-order valence-corrected chi connectivity index (χ3v) is 4.16. The van der Waals surface area contributed by atoms with Gasteiger partial charge in [-0.15, -0.1) is 0 Å². The van der Waals surface area contributed by atoms with Crippen molar-refractivity contribution in [2.45, 2.75) is 44.3 Å². The summed E-state index contributed by atoms with van der Waals surface area (Å²) in [6.45, 7) is 3.06. The molecule has 1 saturated heterocycles. The highest BCUT2D eigenvalue weighted by atomic mass is 16.5. The quantitative estimate of drug-likeness (QED) is 0.851. The van der Waals surface area contributed by atoms with E-state index < -0.39 is 5.60 Å². The molecule has 2 heterocycles. The Hall–Kier alpha value is -1.13. The molecule has 4 heteroatoms. The number of hydrogen-bond donors (Lipinski definition) is 2. The Morgan fingerprint density at radius 3 is 3.17 bits per heavy atom. The van der Waals surface area contributed by atoms with Crippen LogP contribution in [0.1, 0.15) is 31.0 Å². The Balaban J connectivity index is 1.66. The molecule has 1 fully saturated rings. The predicted molar refractivity (Wildman–Crippen MR) is 69.7 cm³/mol. The first kappa shape index (κ1) is 11.9. The van der Waals surface area contributed by atoms with Crippen molar-refractivity contribution in [2.24, 2.45) is 0 Å². The van der Waals surface area contributed by atoms with Crippen molar-refractivity contribution in [1.82, 2.24) is 4.98 Å². The summed E-state index contributed by atoms with van der Waals surface area (Å²) in [6.07, 6.45) is 4.01. The molecule has 2 unspecified atom stereocenters. The number of hydrogen-bond acceptors (Lipinski definition) is 4. The zero-order valence-electron chi connectivity index (χ0n) is 10.8. The van der Waals surface area contributed by atoms with Crippen molar-refractivity contribution in [3.05, 3.63) is 23.4 Å². The molecule has 98 valence electrons. The number of nitrogens with one attached hydrogen (secondary N) is 1. The van der Waals surface area contributed by atoms with Crippen LogP contribution in [-0.2, 0) is 17.6 Å². The molecule has 2 N–H and O–H groups in total. The number of ether oxygens (including phenoxy) is 1. The molecule has 4 nitrogen and oxygen atoms in total. The van der Waals surface area contributed by atoms with E-state index in [1.54, 1.807) is 0 Å². The zero-order valence-corrected chi connectivity index (χ0v) is 10.8. The zero-order chi connectivity index (χ0) is 12.6. The van der Waals surface area contributed by atoms with Crippen LogP contribution in [-0.4, -0.2) is 34.9 Å². The lowest BCUT2D eigenvalue weighted by molar-refractivity contribution is -0.0176. The minimum Gasteiger partial charge on any atom is -0.385 e. The summed E-state index contributed by atoms with van der Waals surface area (Å²) in [6, 6.07) is 4.16. The minimum atomic E-state index is -0.763. The van der Waals surface area contributed by atoms with Crippen molar-refractivity contribution >= 4 is 5.82 Å². The molecular formula is C14H20N2O2. The molecule has 1 aromatic rings. The highest BCUT2D eigenvalue weighted by molar-refractivity contribution is 5.40. The molecule has 0 saturated carbocycles. The number of aryl methyl sites for hydroxylation is 2. The maximum absolute atomic E-state index is 10.4. The van der Waals surface area contributed by atoms with Gasteiger partial charge in [-0.25, -0.2) is 4.98 Å². The standard InChI is InChI=1S/C14H20N2O2/c1-10-14(17,7-8-18-10)9-15-13-6-5-11-3-2-4-12(11)16-13/h5-6,10,17H,2-4,7-9H2,1H3,(H,15,16). The van der Waals surface area contributed by atoms with Gasteiger partial charge in [-0.1, -0.05) is 6.07 Å². The van der Waals surface area contributed by atoms with Crippen molar-refractivity contribution < 1.29 is 9.84 Å². The average molecular weight is 248 g/mol.